The summed E-state index contributed by atoms with van der Waals surface area (Å²) in [6.07, 6.45) is 5.32. The maximum atomic E-state index is 9.32. The number of ether oxygens (including phenoxy) is 1. The number of aliphatic hydroxyl groups is 1. The van der Waals surface area contributed by atoms with Gasteiger partial charge in [0, 0.05) is 18.8 Å². The average molecular weight is 250 g/mol. The van der Waals surface area contributed by atoms with Crippen molar-refractivity contribution in [3.63, 3.8) is 0 Å². The van der Waals surface area contributed by atoms with E-state index in [-0.39, 0.29) is 0 Å². The molecule has 0 saturated heterocycles. The summed E-state index contributed by atoms with van der Waals surface area (Å²) in [5.41, 5.74) is 1.97. The highest BCUT2D eigenvalue weighted by Crippen LogP contribution is 2.32. The van der Waals surface area contributed by atoms with Crippen LogP contribution in [0.4, 0.5) is 5.69 Å². The molecule has 4 nitrogen and oxygen atoms in total. The summed E-state index contributed by atoms with van der Waals surface area (Å²) in [4.78, 5) is 4.22. The van der Waals surface area contributed by atoms with Crippen molar-refractivity contribution in [3.8, 4) is 5.75 Å². The minimum atomic E-state index is 0.304. The molecule has 2 atom stereocenters. The maximum absolute atomic E-state index is 9.32. The Kier molecular flexibility index (Phi) is 4.42. The van der Waals surface area contributed by atoms with E-state index in [0.717, 1.165) is 30.1 Å². The van der Waals surface area contributed by atoms with Gasteiger partial charge in [0.05, 0.1) is 19.0 Å². The van der Waals surface area contributed by atoms with Gasteiger partial charge in [0.1, 0.15) is 0 Å². The molecule has 1 saturated carbocycles. The fourth-order valence-electron chi connectivity index (χ4n) is 2.71. The van der Waals surface area contributed by atoms with E-state index in [2.05, 4.69) is 10.3 Å². The zero-order chi connectivity index (χ0) is 13.0. The second-order valence-corrected chi connectivity index (χ2v) is 5.04. The summed E-state index contributed by atoms with van der Waals surface area (Å²) in [7, 11) is 1.66. The van der Waals surface area contributed by atoms with Crippen LogP contribution in [0.15, 0.2) is 12.3 Å². The zero-order valence-corrected chi connectivity index (χ0v) is 11.1. The number of aliphatic hydroxyl groups excluding tert-OH is 1. The molecule has 0 aliphatic heterocycles. The lowest BCUT2D eigenvalue weighted by atomic mass is 9.97. The first-order chi connectivity index (χ1) is 8.74. The summed E-state index contributed by atoms with van der Waals surface area (Å²) in [6.45, 7) is 3.17. The summed E-state index contributed by atoms with van der Waals surface area (Å²) >= 11 is 0. The number of hydrogen-bond donors (Lipinski definition) is 2. The number of aromatic nitrogens is 1. The van der Waals surface area contributed by atoms with Crippen LogP contribution in [0.5, 0.6) is 5.75 Å². The van der Waals surface area contributed by atoms with Crippen LogP contribution < -0.4 is 10.1 Å². The average Bonchev–Trinajstić information content (AvgIpc) is 2.84. The Morgan fingerprint density at radius 3 is 2.94 bits per heavy atom. The van der Waals surface area contributed by atoms with Gasteiger partial charge in [-0.1, -0.05) is 6.42 Å². The highest BCUT2D eigenvalue weighted by Gasteiger charge is 2.26. The van der Waals surface area contributed by atoms with Gasteiger partial charge in [-0.15, -0.1) is 0 Å². The minimum absolute atomic E-state index is 0.304. The van der Waals surface area contributed by atoms with E-state index in [1.807, 2.05) is 13.0 Å². The number of aryl methyl sites for hydroxylation is 1. The SMILES string of the molecule is COc1cnc(C)cc1NCC1CCCC1CO. The van der Waals surface area contributed by atoms with Crippen molar-refractivity contribution in [2.24, 2.45) is 11.8 Å². The minimum Gasteiger partial charge on any atom is -0.493 e. The predicted molar refractivity (Wildman–Crippen MR) is 71.9 cm³/mol. The van der Waals surface area contributed by atoms with Gasteiger partial charge in [-0.05, 0) is 37.7 Å². The van der Waals surface area contributed by atoms with Gasteiger partial charge in [0.2, 0.25) is 0 Å². The third-order valence-electron chi connectivity index (χ3n) is 3.83. The standard InChI is InChI=1S/C14H22N2O2/c1-10-6-13(14(18-2)8-15-10)16-7-11-4-3-5-12(11)9-17/h6,8,11-12,17H,3-5,7,9H2,1-2H3,(H,15,16). The van der Waals surface area contributed by atoms with Crippen LogP contribution in [0.25, 0.3) is 0 Å². The van der Waals surface area contributed by atoms with Crippen molar-refractivity contribution in [1.82, 2.24) is 4.98 Å². The molecule has 4 heteroatoms. The Bertz CT molecular complexity index is 395. The van der Waals surface area contributed by atoms with Crippen LogP contribution in [0, 0.1) is 18.8 Å². The molecule has 0 amide bonds. The Balaban J connectivity index is 1.99. The van der Waals surface area contributed by atoms with Crippen LogP contribution in [0.3, 0.4) is 0 Å². The normalized spacial score (nSPS) is 23.1. The monoisotopic (exact) mass is 250 g/mol. The van der Waals surface area contributed by atoms with E-state index in [1.54, 1.807) is 13.3 Å². The van der Waals surface area contributed by atoms with Gasteiger partial charge in [0.25, 0.3) is 0 Å². The predicted octanol–water partition coefficient (Wildman–Crippen LogP) is 2.22. The van der Waals surface area contributed by atoms with Gasteiger partial charge >= 0.3 is 0 Å². The van der Waals surface area contributed by atoms with E-state index in [0.29, 0.717) is 18.4 Å². The molecule has 1 aliphatic carbocycles. The number of pyridine rings is 1. The quantitative estimate of drug-likeness (QED) is 0.841. The molecule has 100 valence electrons. The Labute approximate surface area is 108 Å². The molecular formula is C14H22N2O2. The van der Waals surface area contributed by atoms with E-state index in [4.69, 9.17) is 4.74 Å². The second-order valence-electron chi connectivity index (χ2n) is 5.04. The second kappa shape index (κ2) is 6.05. The third-order valence-corrected chi connectivity index (χ3v) is 3.83. The smallest absolute Gasteiger partial charge is 0.160 e. The maximum Gasteiger partial charge on any atom is 0.160 e. The van der Waals surface area contributed by atoms with Gasteiger partial charge in [0.15, 0.2) is 5.75 Å². The van der Waals surface area contributed by atoms with Crippen LogP contribution >= 0.6 is 0 Å². The Morgan fingerprint density at radius 1 is 1.44 bits per heavy atom. The van der Waals surface area contributed by atoms with Crippen molar-refractivity contribution >= 4 is 5.69 Å². The molecule has 1 heterocycles. The van der Waals surface area contributed by atoms with Crippen molar-refractivity contribution in [2.75, 3.05) is 25.6 Å². The summed E-state index contributed by atoms with van der Waals surface area (Å²) < 4.78 is 5.29. The van der Waals surface area contributed by atoms with Gasteiger partial charge in [-0.25, -0.2) is 0 Å². The molecule has 0 spiro atoms. The van der Waals surface area contributed by atoms with Crippen molar-refractivity contribution in [1.29, 1.82) is 0 Å². The highest BCUT2D eigenvalue weighted by molar-refractivity contribution is 5.55. The van der Waals surface area contributed by atoms with Crippen LogP contribution in [-0.4, -0.2) is 30.4 Å². The third kappa shape index (κ3) is 2.93. The van der Waals surface area contributed by atoms with E-state index in [1.165, 1.54) is 12.8 Å². The molecule has 0 radical (unpaired) electrons. The number of nitrogens with zero attached hydrogens (tertiary/aromatic N) is 1. The van der Waals surface area contributed by atoms with Crippen LogP contribution in [0.2, 0.25) is 0 Å². The van der Waals surface area contributed by atoms with Crippen LogP contribution in [-0.2, 0) is 0 Å². The highest BCUT2D eigenvalue weighted by atomic mass is 16.5. The van der Waals surface area contributed by atoms with Crippen molar-refractivity contribution in [2.45, 2.75) is 26.2 Å². The molecule has 1 aromatic rings. The molecule has 1 aliphatic rings. The van der Waals surface area contributed by atoms with E-state index in [9.17, 15) is 5.11 Å². The number of anilines is 1. The lowest BCUT2D eigenvalue weighted by molar-refractivity contribution is 0.199. The van der Waals surface area contributed by atoms with E-state index >= 15 is 0 Å². The first-order valence-electron chi connectivity index (χ1n) is 6.60. The molecule has 2 unspecified atom stereocenters. The fourth-order valence-corrected chi connectivity index (χ4v) is 2.71. The molecule has 18 heavy (non-hydrogen) atoms. The lowest BCUT2D eigenvalue weighted by Crippen LogP contribution is -2.21. The largest absolute Gasteiger partial charge is 0.493 e. The molecule has 1 aromatic heterocycles. The summed E-state index contributed by atoms with van der Waals surface area (Å²) in [5, 5.41) is 12.8. The van der Waals surface area contributed by atoms with Gasteiger partial charge in [-0.2, -0.15) is 0 Å². The van der Waals surface area contributed by atoms with E-state index < -0.39 is 0 Å². The number of rotatable bonds is 5. The number of hydrogen-bond acceptors (Lipinski definition) is 4. The first kappa shape index (κ1) is 13.1. The fraction of sp³-hybridized carbons (Fsp3) is 0.643. The molecular weight excluding hydrogens is 228 g/mol. The zero-order valence-electron chi connectivity index (χ0n) is 11.1. The number of nitrogens with one attached hydrogen (secondary N) is 1. The lowest BCUT2D eigenvalue weighted by Gasteiger charge is -2.19. The Hall–Kier alpha value is -1.29. The Morgan fingerprint density at radius 2 is 2.22 bits per heavy atom. The van der Waals surface area contributed by atoms with Crippen molar-refractivity contribution in [3.05, 3.63) is 18.0 Å². The first-order valence-corrected chi connectivity index (χ1v) is 6.60. The van der Waals surface area contributed by atoms with Gasteiger partial charge < -0.3 is 15.2 Å². The molecule has 1 fully saturated rings. The molecule has 0 bridgehead atoms. The summed E-state index contributed by atoms with van der Waals surface area (Å²) in [5.74, 6) is 1.79. The van der Waals surface area contributed by atoms with Crippen molar-refractivity contribution < 1.29 is 9.84 Å². The molecule has 2 N–H and O–H groups in total. The molecule has 0 aromatic carbocycles. The topological polar surface area (TPSA) is 54.4 Å². The molecule has 2 rings (SSSR count). The number of methoxy groups -OCH3 is 1. The van der Waals surface area contributed by atoms with Crippen LogP contribution in [0.1, 0.15) is 25.0 Å². The van der Waals surface area contributed by atoms with Gasteiger partial charge in [-0.3, -0.25) is 4.98 Å². The summed E-state index contributed by atoms with van der Waals surface area (Å²) in [6, 6.07) is 2.00.